The third-order valence-electron chi connectivity index (χ3n) is 4.61. The summed E-state index contributed by atoms with van der Waals surface area (Å²) in [6.45, 7) is 8.00. The molecule has 0 spiro atoms. The van der Waals surface area contributed by atoms with Crippen LogP contribution >= 0.6 is 0 Å². The number of nitrogens with one attached hydrogen (secondary N) is 1. The van der Waals surface area contributed by atoms with E-state index >= 15 is 0 Å². The highest BCUT2D eigenvalue weighted by Crippen LogP contribution is 2.31. The third-order valence-corrected chi connectivity index (χ3v) is 4.61. The molecule has 0 bridgehead atoms. The van der Waals surface area contributed by atoms with Crippen molar-refractivity contribution in [2.75, 3.05) is 6.61 Å². The minimum absolute atomic E-state index is 0.0442. The number of hydrogen-bond acceptors (Lipinski definition) is 3. The summed E-state index contributed by atoms with van der Waals surface area (Å²) in [5, 5.41) is 1.59. The van der Waals surface area contributed by atoms with Crippen molar-refractivity contribution in [1.82, 2.24) is 9.55 Å². The lowest BCUT2D eigenvalue weighted by Crippen LogP contribution is -2.19. The second-order valence-electron chi connectivity index (χ2n) is 5.86. The largest absolute Gasteiger partial charge is 0.462 e. The zero-order chi connectivity index (χ0) is 16.9. The van der Waals surface area contributed by atoms with E-state index in [0.29, 0.717) is 5.39 Å². The first-order chi connectivity index (χ1) is 10.9. The Morgan fingerprint density at radius 1 is 1.30 bits per heavy atom. The third kappa shape index (κ3) is 2.07. The van der Waals surface area contributed by atoms with Crippen LogP contribution in [-0.4, -0.2) is 22.1 Å². The van der Waals surface area contributed by atoms with Crippen LogP contribution in [0.25, 0.3) is 21.8 Å². The van der Waals surface area contributed by atoms with Gasteiger partial charge in [0, 0.05) is 24.3 Å². The molecule has 5 nitrogen and oxygen atoms in total. The molecule has 0 saturated carbocycles. The molecule has 0 radical (unpaired) electrons. The Balaban J connectivity index is 2.53. The normalized spacial score (nSPS) is 11.3. The molecule has 2 heterocycles. The molecule has 0 fully saturated rings. The van der Waals surface area contributed by atoms with Crippen molar-refractivity contribution >= 4 is 27.8 Å². The Labute approximate surface area is 133 Å². The maximum Gasteiger partial charge on any atom is 0.343 e. The summed E-state index contributed by atoms with van der Waals surface area (Å²) in [5.74, 6) is -0.590. The number of aryl methyl sites for hydroxylation is 3. The molecule has 0 unspecified atom stereocenters. The highest BCUT2D eigenvalue weighted by atomic mass is 16.5. The van der Waals surface area contributed by atoms with Gasteiger partial charge in [-0.3, -0.25) is 4.79 Å². The molecule has 1 aromatic carbocycles. The molecular formula is C18H20N2O3. The van der Waals surface area contributed by atoms with Gasteiger partial charge in [0.05, 0.1) is 23.0 Å². The Hall–Kier alpha value is -2.56. The molecule has 0 aliphatic carbocycles. The summed E-state index contributed by atoms with van der Waals surface area (Å²) in [6.07, 6.45) is 1.45. The van der Waals surface area contributed by atoms with Crippen molar-refractivity contribution in [3.05, 3.63) is 44.9 Å². The van der Waals surface area contributed by atoms with Crippen molar-refractivity contribution in [3.8, 4) is 0 Å². The number of H-pyrrole nitrogens is 1. The van der Waals surface area contributed by atoms with Crippen molar-refractivity contribution < 1.29 is 9.53 Å². The number of benzene rings is 1. The standard InChI is InChI=1S/C18H20N2O3/c1-6-23-18(22)13-8-19-15-9(2)7-12-10(3)11(4)20(5)16(12)14(15)17(13)21/h7-8H,6H2,1-5H3,(H,19,21). The number of fused-ring (bicyclic) bond motifs is 3. The van der Waals surface area contributed by atoms with Crippen LogP contribution in [0, 0.1) is 20.8 Å². The van der Waals surface area contributed by atoms with E-state index in [-0.39, 0.29) is 17.6 Å². The van der Waals surface area contributed by atoms with Crippen molar-refractivity contribution in [3.63, 3.8) is 0 Å². The van der Waals surface area contributed by atoms with Gasteiger partial charge in [-0.1, -0.05) is 0 Å². The molecule has 3 rings (SSSR count). The zero-order valence-electron chi connectivity index (χ0n) is 14.0. The van der Waals surface area contributed by atoms with E-state index in [1.54, 1.807) is 6.92 Å². The van der Waals surface area contributed by atoms with E-state index in [1.807, 2.05) is 32.4 Å². The van der Waals surface area contributed by atoms with E-state index in [4.69, 9.17) is 4.74 Å². The molecule has 2 aromatic heterocycles. The molecule has 0 amide bonds. The molecule has 0 aliphatic rings. The van der Waals surface area contributed by atoms with Gasteiger partial charge in [0.2, 0.25) is 5.43 Å². The predicted octanol–water partition coefficient (Wildman–Crippen LogP) is 3.12. The van der Waals surface area contributed by atoms with Gasteiger partial charge in [-0.15, -0.1) is 0 Å². The second kappa shape index (κ2) is 5.26. The first kappa shape index (κ1) is 15.3. The highest BCUT2D eigenvalue weighted by molar-refractivity contribution is 6.09. The summed E-state index contributed by atoms with van der Waals surface area (Å²) in [6, 6.07) is 2.08. The number of carbonyl (C=O) groups excluding carboxylic acids is 1. The summed E-state index contributed by atoms with van der Waals surface area (Å²) >= 11 is 0. The first-order valence-electron chi connectivity index (χ1n) is 7.66. The minimum Gasteiger partial charge on any atom is -0.462 e. The van der Waals surface area contributed by atoms with E-state index < -0.39 is 5.97 Å². The lowest BCUT2D eigenvalue weighted by atomic mass is 10.0. The van der Waals surface area contributed by atoms with Crippen LogP contribution < -0.4 is 5.43 Å². The fourth-order valence-electron chi connectivity index (χ4n) is 3.17. The Morgan fingerprint density at radius 3 is 2.65 bits per heavy atom. The molecule has 0 saturated heterocycles. The number of rotatable bonds is 2. The molecule has 3 aromatic rings. The Bertz CT molecular complexity index is 1010. The monoisotopic (exact) mass is 312 g/mol. The van der Waals surface area contributed by atoms with Crippen molar-refractivity contribution in [2.24, 2.45) is 7.05 Å². The van der Waals surface area contributed by atoms with E-state index in [0.717, 1.165) is 33.2 Å². The van der Waals surface area contributed by atoms with Crippen LogP contribution in [0.4, 0.5) is 0 Å². The molecule has 23 heavy (non-hydrogen) atoms. The molecule has 0 atom stereocenters. The number of hydrogen-bond donors (Lipinski definition) is 1. The lowest BCUT2D eigenvalue weighted by Gasteiger charge is -2.09. The zero-order valence-corrected chi connectivity index (χ0v) is 14.0. The summed E-state index contributed by atoms with van der Waals surface area (Å²) in [5.41, 5.74) is 4.60. The molecular weight excluding hydrogens is 292 g/mol. The first-order valence-corrected chi connectivity index (χ1v) is 7.66. The van der Waals surface area contributed by atoms with E-state index in [1.165, 1.54) is 6.20 Å². The van der Waals surface area contributed by atoms with Crippen LogP contribution in [0.3, 0.4) is 0 Å². The van der Waals surface area contributed by atoms with Crippen LogP contribution in [0.1, 0.15) is 34.1 Å². The molecule has 120 valence electrons. The minimum atomic E-state index is -0.590. The predicted molar refractivity (Wildman–Crippen MR) is 91.2 cm³/mol. The van der Waals surface area contributed by atoms with E-state index in [9.17, 15) is 9.59 Å². The number of pyridine rings is 1. The summed E-state index contributed by atoms with van der Waals surface area (Å²) < 4.78 is 7.00. The maximum atomic E-state index is 12.9. The van der Waals surface area contributed by atoms with Crippen LogP contribution in [0.5, 0.6) is 0 Å². The van der Waals surface area contributed by atoms with Gasteiger partial charge in [-0.05, 0) is 44.9 Å². The summed E-state index contributed by atoms with van der Waals surface area (Å²) in [7, 11) is 1.94. The van der Waals surface area contributed by atoms with Gasteiger partial charge in [0.1, 0.15) is 5.56 Å². The number of carbonyl (C=O) groups is 1. The topological polar surface area (TPSA) is 64.1 Å². The number of aromatic nitrogens is 2. The smallest absolute Gasteiger partial charge is 0.343 e. The number of ether oxygens (including phenoxy) is 1. The fraction of sp³-hybridized carbons (Fsp3) is 0.333. The van der Waals surface area contributed by atoms with Gasteiger partial charge in [0.15, 0.2) is 0 Å². The van der Waals surface area contributed by atoms with Gasteiger partial charge >= 0.3 is 5.97 Å². The van der Waals surface area contributed by atoms with Crippen molar-refractivity contribution in [2.45, 2.75) is 27.7 Å². The molecule has 1 N–H and O–H groups in total. The Morgan fingerprint density at radius 2 is 2.00 bits per heavy atom. The average molecular weight is 312 g/mol. The molecule has 0 aliphatic heterocycles. The number of aromatic amines is 1. The fourth-order valence-corrected chi connectivity index (χ4v) is 3.17. The van der Waals surface area contributed by atoms with Crippen LogP contribution in [-0.2, 0) is 11.8 Å². The summed E-state index contributed by atoms with van der Waals surface area (Å²) in [4.78, 5) is 28.1. The average Bonchev–Trinajstić information content (AvgIpc) is 2.72. The quantitative estimate of drug-likeness (QED) is 0.739. The molecule has 5 heteroatoms. The van der Waals surface area contributed by atoms with Gasteiger partial charge in [0.25, 0.3) is 0 Å². The highest BCUT2D eigenvalue weighted by Gasteiger charge is 2.20. The van der Waals surface area contributed by atoms with E-state index in [2.05, 4.69) is 11.1 Å². The second-order valence-corrected chi connectivity index (χ2v) is 5.86. The van der Waals surface area contributed by atoms with Gasteiger partial charge in [-0.2, -0.15) is 0 Å². The SMILES string of the molecule is CCOC(=O)c1c[nH]c2c(C)cc3c(C)c(C)n(C)c3c2c1=O. The Kier molecular flexibility index (Phi) is 3.51. The number of esters is 1. The number of nitrogens with zero attached hydrogens (tertiary/aromatic N) is 1. The van der Waals surface area contributed by atoms with Gasteiger partial charge in [-0.25, -0.2) is 4.79 Å². The lowest BCUT2D eigenvalue weighted by molar-refractivity contribution is 0.0524. The van der Waals surface area contributed by atoms with Gasteiger partial charge < -0.3 is 14.3 Å². The van der Waals surface area contributed by atoms with Crippen LogP contribution in [0.15, 0.2) is 17.1 Å². The maximum absolute atomic E-state index is 12.9. The van der Waals surface area contributed by atoms with Crippen molar-refractivity contribution in [1.29, 1.82) is 0 Å². The van der Waals surface area contributed by atoms with Crippen LogP contribution in [0.2, 0.25) is 0 Å².